The highest BCUT2D eigenvalue weighted by atomic mass is 19.1. The molecule has 0 spiro atoms. The standard InChI is InChI=1S/C13H18FNO2/c1-3-13(15,9-12(16)17-4-2)10-7-5-6-8-11(10)14/h5-8H,3-4,9,15H2,1-2H3. The van der Waals surface area contributed by atoms with Gasteiger partial charge in [-0.05, 0) is 19.4 Å². The zero-order valence-electron chi connectivity index (χ0n) is 10.2. The van der Waals surface area contributed by atoms with Crippen LogP contribution in [0.4, 0.5) is 4.39 Å². The van der Waals surface area contributed by atoms with Crippen LogP contribution in [-0.2, 0) is 15.1 Å². The van der Waals surface area contributed by atoms with Crippen LogP contribution in [0.15, 0.2) is 24.3 Å². The number of hydrogen-bond donors (Lipinski definition) is 1. The summed E-state index contributed by atoms with van der Waals surface area (Å²) in [5, 5.41) is 0. The molecule has 17 heavy (non-hydrogen) atoms. The van der Waals surface area contributed by atoms with Gasteiger partial charge in [0.1, 0.15) is 5.82 Å². The third-order valence-electron chi connectivity index (χ3n) is 2.81. The molecule has 0 radical (unpaired) electrons. The van der Waals surface area contributed by atoms with Gasteiger partial charge in [0.05, 0.1) is 18.6 Å². The summed E-state index contributed by atoms with van der Waals surface area (Å²) in [6, 6.07) is 6.26. The van der Waals surface area contributed by atoms with E-state index in [4.69, 9.17) is 10.5 Å². The maximum atomic E-state index is 13.7. The molecule has 0 saturated heterocycles. The molecule has 0 amide bonds. The molecule has 0 heterocycles. The molecule has 1 aromatic rings. The second-order valence-electron chi connectivity index (χ2n) is 3.97. The van der Waals surface area contributed by atoms with Crippen LogP contribution in [-0.4, -0.2) is 12.6 Å². The van der Waals surface area contributed by atoms with Crippen molar-refractivity contribution in [3.63, 3.8) is 0 Å². The molecule has 0 saturated carbocycles. The Bertz CT molecular complexity index is 395. The van der Waals surface area contributed by atoms with E-state index >= 15 is 0 Å². The summed E-state index contributed by atoms with van der Waals surface area (Å²) in [6.45, 7) is 3.85. The van der Waals surface area contributed by atoms with E-state index in [1.807, 2.05) is 6.92 Å². The lowest BCUT2D eigenvalue weighted by molar-refractivity contribution is -0.144. The maximum Gasteiger partial charge on any atom is 0.307 e. The Balaban J connectivity index is 2.96. The summed E-state index contributed by atoms with van der Waals surface area (Å²) in [5.74, 6) is -0.791. The van der Waals surface area contributed by atoms with Crippen LogP contribution in [0.3, 0.4) is 0 Å². The Kier molecular flexibility index (Phi) is 4.63. The minimum absolute atomic E-state index is 0.0156. The first-order valence-corrected chi connectivity index (χ1v) is 5.73. The Morgan fingerprint density at radius 2 is 2.06 bits per heavy atom. The highest BCUT2D eigenvalue weighted by molar-refractivity contribution is 5.71. The average molecular weight is 239 g/mol. The van der Waals surface area contributed by atoms with Gasteiger partial charge in [0.25, 0.3) is 0 Å². The van der Waals surface area contributed by atoms with Crippen molar-refractivity contribution in [3.8, 4) is 0 Å². The molecule has 0 aromatic heterocycles. The van der Waals surface area contributed by atoms with Crippen LogP contribution in [0.1, 0.15) is 32.3 Å². The van der Waals surface area contributed by atoms with Crippen molar-refractivity contribution >= 4 is 5.97 Å². The van der Waals surface area contributed by atoms with E-state index in [0.717, 1.165) is 0 Å². The second-order valence-corrected chi connectivity index (χ2v) is 3.97. The van der Waals surface area contributed by atoms with Crippen LogP contribution in [0.25, 0.3) is 0 Å². The van der Waals surface area contributed by atoms with Crippen molar-refractivity contribution in [3.05, 3.63) is 35.6 Å². The van der Waals surface area contributed by atoms with Crippen molar-refractivity contribution in [1.29, 1.82) is 0 Å². The van der Waals surface area contributed by atoms with E-state index in [-0.39, 0.29) is 12.2 Å². The van der Waals surface area contributed by atoms with E-state index in [1.54, 1.807) is 25.1 Å². The topological polar surface area (TPSA) is 52.3 Å². The lowest BCUT2D eigenvalue weighted by atomic mass is 9.85. The van der Waals surface area contributed by atoms with E-state index in [2.05, 4.69) is 0 Å². The van der Waals surface area contributed by atoms with Gasteiger partial charge in [0, 0.05) is 5.56 Å². The number of benzene rings is 1. The smallest absolute Gasteiger partial charge is 0.307 e. The molecule has 4 heteroatoms. The Morgan fingerprint density at radius 3 is 2.59 bits per heavy atom. The first-order chi connectivity index (χ1) is 8.03. The normalized spacial score (nSPS) is 14.1. The summed E-state index contributed by atoms with van der Waals surface area (Å²) in [4.78, 5) is 11.5. The third kappa shape index (κ3) is 3.27. The van der Waals surface area contributed by atoms with Crippen molar-refractivity contribution < 1.29 is 13.9 Å². The molecule has 1 aromatic carbocycles. The second kappa shape index (κ2) is 5.77. The third-order valence-corrected chi connectivity index (χ3v) is 2.81. The number of nitrogens with two attached hydrogens (primary N) is 1. The van der Waals surface area contributed by atoms with Gasteiger partial charge in [-0.25, -0.2) is 4.39 Å². The Morgan fingerprint density at radius 1 is 1.41 bits per heavy atom. The van der Waals surface area contributed by atoms with Crippen LogP contribution in [0, 0.1) is 5.82 Å². The van der Waals surface area contributed by atoms with Crippen molar-refractivity contribution in [1.82, 2.24) is 0 Å². The summed E-state index contributed by atoms with van der Waals surface area (Å²) in [5.41, 5.74) is 5.46. The monoisotopic (exact) mass is 239 g/mol. The summed E-state index contributed by atoms with van der Waals surface area (Å²) in [6.07, 6.45) is 0.449. The zero-order chi connectivity index (χ0) is 12.9. The van der Waals surface area contributed by atoms with Crippen LogP contribution in [0.2, 0.25) is 0 Å². The molecule has 0 fully saturated rings. The van der Waals surface area contributed by atoms with Crippen molar-refractivity contribution in [2.75, 3.05) is 6.61 Å². The van der Waals surface area contributed by atoms with Gasteiger partial charge in [0.2, 0.25) is 0 Å². The van der Waals surface area contributed by atoms with Gasteiger partial charge in [-0.2, -0.15) is 0 Å². The highest BCUT2D eigenvalue weighted by Gasteiger charge is 2.31. The lowest BCUT2D eigenvalue weighted by Gasteiger charge is -2.28. The van der Waals surface area contributed by atoms with E-state index in [1.165, 1.54) is 6.07 Å². The minimum Gasteiger partial charge on any atom is -0.466 e. The molecule has 1 atom stereocenters. The number of carbonyl (C=O) groups is 1. The number of rotatable bonds is 5. The Labute approximate surface area is 101 Å². The number of halogens is 1. The molecular weight excluding hydrogens is 221 g/mol. The fourth-order valence-electron chi connectivity index (χ4n) is 1.75. The maximum absolute atomic E-state index is 13.7. The molecule has 0 bridgehead atoms. The lowest BCUT2D eigenvalue weighted by Crippen LogP contribution is -2.39. The predicted molar refractivity (Wildman–Crippen MR) is 63.8 cm³/mol. The van der Waals surface area contributed by atoms with Crippen LogP contribution >= 0.6 is 0 Å². The molecule has 2 N–H and O–H groups in total. The minimum atomic E-state index is -1.00. The number of esters is 1. The van der Waals surface area contributed by atoms with Gasteiger partial charge in [-0.3, -0.25) is 4.79 Å². The van der Waals surface area contributed by atoms with Gasteiger partial charge >= 0.3 is 5.97 Å². The summed E-state index contributed by atoms with van der Waals surface area (Å²) < 4.78 is 18.5. The summed E-state index contributed by atoms with van der Waals surface area (Å²) >= 11 is 0. The van der Waals surface area contributed by atoms with E-state index in [9.17, 15) is 9.18 Å². The van der Waals surface area contributed by atoms with Crippen LogP contribution in [0.5, 0.6) is 0 Å². The van der Waals surface area contributed by atoms with Crippen molar-refractivity contribution in [2.45, 2.75) is 32.2 Å². The van der Waals surface area contributed by atoms with E-state index in [0.29, 0.717) is 18.6 Å². The number of carbonyl (C=O) groups excluding carboxylic acids is 1. The highest BCUT2D eigenvalue weighted by Crippen LogP contribution is 2.28. The number of hydrogen-bond acceptors (Lipinski definition) is 3. The summed E-state index contributed by atoms with van der Waals surface area (Å²) in [7, 11) is 0. The van der Waals surface area contributed by atoms with Gasteiger partial charge in [0.15, 0.2) is 0 Å². The van der Waals surface area contributed by atoms with Crippen molar-refractivity contribution in [2.24, 2.45) is 5.73 Å². The molecule has 1 rings (SSSR count). The van der Waals surface area contributed by atoms with Gasteiger partial charge in [-0.1, -0.05) is 25.1 Å². The number of ether oxygens (including phenoxy) is 1. The molecule has 0 aliphatic heterocycles. The SMILES string of the molecule is CCOC(=O)CC(N)(CC)c1ccccc1F. The van der Waals surface area contributed by atoms with Gasteiger partial charge in [-0.15, -0.1) is 0 Å². The largest absolute Gasteiger partial charge is 0.466 e. The molecule has 94 valence electrons. The Hall–Kier alpha value is -1.42. The first-order valence-electron chi connectivity index (χ1n) is 5.73. The fraction of sp³-hybridized carbons (Fsp3) is 0.462. The van der Waals surface area contributed by atoms with Crippen LogP contribution < -0.4 is 5.73 Å². The van der Waals surface area contributed by atoms with E-state index < -0.39 is 11.5 Å². The molecule has 0 aliphatic carbocycles. The van der Waals surface area contributed by atoms with Gasteiger partial charge < -0.3 is 10.5 Å². The zero-order valence-corrected chi connectivity index (χ0v) is 10.2. The molecular formula is C13H18FNO2. The quantitative estimate of drug-likeness (QED) is 0.802. The first kappa shape index (κ1) is 13.6. The molecule has 3 nitrogen and oxygen atoms in total. The molecule has 0 aliphatic rings. The average Bonchev–Trinajstić information content (AvgIpc) is 2.29. The predicted octanol–water partition coefficient (Wildman–Crippen LogP) is 2.34. The molecule has 1 unspecified atom stereocenters. The fourth-order valence-corrected chi connectivity index (χ4v) is 1.75.